The summed E-state index contributed by atoms with van der Waals surface area (Å²) in [7, 11) is 0. The van der Waals surface area contributed by atoms with Gasteiger partial charge in [0.1, 0.15) is 0 Å². The number of fused-ring (bicyclic) bond motifs is 1. The maximum absolute atomic E-state index is 14.1. The maximum Gasteiger partial charge on any atom is 0.295 e. The molecule has 1 unspecified atom stereocenters. The normalized spacial score (nSPS) is 14.2. The first kappa shape index (κ1) is 31.2. The van der Waals surface area contributed by atoms with E-state index in [1.54, 1.807) is 36.4 Å². The van der Waals surface area contributed by atoms with Crippen LogP contribution in [0.3, 0.4) is 0 Å². The Morgan fingerprint density at radius 2 is 1.55 bits per heavy atom. The zero-order valence-electron chi connectivity index (χ0n) is 23.6. The molecule has 0 bridgehead atoms. The first-order valence-corrected chi connectivity index (χ1v) is 14.8. The van der Waals surface area contributed by atoms with Gasteiger partial charge in [0, 0.05) is 51.6 Å². The molecule has 0 aliphatic carbocycles. The van der Waals surface area contributed by atoms with Gasteiger partial charge < -0.3 is 4.98 Å². The number of hydrazone groups is 1. The average molecular weight is 718 g/mol. The minimum absolute atomic E-state index is 0.104. The zero-order valence-corrected chi connectivity index (χ0v) is 26.0. The van der Waals surface area contributed by atoms with E-state index < -0.39 is 54.2 Å². The van der Waals surface area contributed by atoms with Crippen LogP contribution in [0.4, 0.5) is 17.1 Å². The number of non-ortho nitro benzene ring substituents is 1. The Labute approximate surface area is 276 Å². The van der Waals surface area contributed by atoms with E-state index in [1.807, 2.05) is 12.1 Å². The number of carbonyl (C=O) groups is 1. The largest absolute Gasteiger partial charge is 0.321 e. The van der Waals surface area contributed by atoms with Crippen molar-refractivity contribution in [2.24, 2.45) is 5.10 Å². The molecule has 1 amide bonds. The summed E-state index contributed by atoms with van der Waals surface area (Å²) in [5.74, 6) is -0.999. The number of aromatic amines is 1. The molecule has 5 aromatic rings. The van der Waals surface area contributed by atoms with E-state index in [4.69, 9.17) is 11.6 Å². The number of rotatable bonds is 7. The molecule has 1 atom stereocenters. The molecule has 1 aliphatic rings. The smallest absolute Gasteiger partial charge is 0.295 e. The van der Waals surface area contributed by atoms with E-state index in [-0.39, 0.29) is 28.9 Å². The number of hydrogen-bond acceptors (Lipinski definition) is 9. The van der Waals surface area contributed by atoms with E-state index >= 15 is 0 Å². The highest BCUT2D eigenvalue weighted by Crippen LogP contribution is 2.40. The number of amides is 1. The standard InChI is InChI=1S/C31H18BrClN6O8/c32-19-9-10-22-21(14-19)27(16-5-2-1-3-6-16)28(30(40)34-22)23-15-24(17-7-4-8-20(11-17)37(42)43)36(35-23)31(41)18-12-25(38(44)45)29(33)26(13-18)39(46)47/h1-14,24H,15H2,(H,34,40). The Balaban J connectivity index is 1.60. The van der Waals surface area contributed by atoms with Crippen molar-refractivity contribution >= 4 is 67.1 Å². The Morgan fingerprint density at radius 3 is 2.19 bits per heavy atom. The summed E-state index contributed by atoms with van der Waals surface area (Å²) in [6.07, 6.45) is -0.104. The summed E-state index contributed by atoms with van der Waals surface area (Å²) in [5.41, 5.74) is -0.793. The van der Waals surface area contributed by atoms with Gasteiger partial charge in [-0.15, -0.1) is 0 Å². The number of pyridine rings is 1. The van der Waals surface area contributed by atoms with Crippen molar-refractivity contribution in [1.82, 2.24) is 9.99 Å². The van der Waals surface area contributed by atoms with E-state index in [2.05, 4.69) is 26.0 Å². The molecule has 14 nitrogen and oxygen atoms in total. The summed E-state index contributed by atoms with van der Waals surface area (Å²) < 4.78 is 0.728. The van der Waals surface area contributed by atoms with Gasteiger partial charge in [-0.05, 0) is 29.3 Å². The molecule has 1 N–H and O–H groups in total. The van der Waals surface area contributed by atoms with E-state index in [0.717, 1.165) is 21.6 Å². The molecule has 1 aliphatic heterocycles. The summed E-state index contributed by atoms with van der Waals surface area (Å²) in [6.45, 7) is 0. The van der Waals surface area contributed by atoms with Gasteiger partial charge in [-0.1, -0.05) is 70.0 Å². The van der Waals surface area contributed by atoms with Gasteiger partial charge in [0.15, 0.2) is 5.02 Å². The van der Waals surface area contributed by atoms with Crippen molar-refractivity contribution in [1.29, 1.82) is 0 Å². The number of hydrogen-bond donors (Lipinski definition) is 1. The number of carbonyl (C=O) groups excluding carboxylic acids is 1. The minimum Gasteiger partial charge on any atom is -0.321 e. The van der Waals surface area contributed by atoms with Crippen LogP contribution < -0.4 is 5.56 Å². The fourth-order valence-corrected chi connectivity index (χ4v) is 6.12. The summed E-state index contributed by atoms with van der Waals surface area (Å²) in [4.78, 5) is 63.3. The molecule has 0 radical (unpaired) electrons. The second-order valence-electron chi connectivity index (χ2n) is 10.4. The van der Waals surface area contributed by atoms with Crippen molar-refractivity contribution in [2.75, 3.05) is 0 Å². The molecule has 0 saturated carbocycles. The van der Waals surface area contributed by atoms with Crippen LogP contribution in [0.1, 0.15) is 33.9 Å². The van der Waals surface area contributed by atoms with Gasteiger partial charge in [0.25, 0.3) is 28.5 Å². The van der Waals surface area contributed by atoms with Gasteiger partial charge in [0.2, 0.25) is 0 Å². The Hall–Kier alpha value is -5.80. The second-order valence-corrected chi connectivity index (χ2v) is 11.7. The zero-order chi connectivity index (χ0) is 33.6. The fraction of sp³-hybridized carbons (Fsp3) is 0.0645. The van der Waals surface area contributed by atoms with Crippen LogP contribution >= 0.6 is 27.5 Å². The van der Waals surface area contributed by atoms with Crippen LogP contribution in [0.2, 0.25) is 5.02 Å². The first-order chi connectivity index (χ1) is 22.4. The number of nitrogens with one attached hydrogen (secondary N) is 1. The van der Waals surface area contributed by atoms with Gasteiger partial charge >= 0.3 is 0 Å². The molecular formula is C31H18BrClN6O8. The Morgan fingerprint density at radius 1 is 0.872 bits per heavy atom. The van der Waals surface area contributed by atoms with E-state index in [1.165, 1.54) is 24.3 Å². The molecule has 0 saturated heterocycles. The summed E-state index contributed by atoms with van der Waals surface area (Å²) in [6, 6.07) is 20.3. The monoisotopic (exact) mass is 716 g/mol. The van der Waals surface area contributed by atoms with E-state index in [9.17, 15) is 39.9 Å². The van der Waals surface area contributed by atoms with Gasteiger partial charge in [-0.3, -0.25) is 39.9 Å². The predicted molar refractivity (Wildman–Crippen MR) is 176 cm³/mol. The second kappa shape index (κ2) is 12.2. The van der Waals surface area contributed by atoms with Crippen LogP contribution in [0, 0.1) is 30.3 Å². The highest BCUT2D eigenvalue weighted by molar-refractivity contribution is 9.10. The number of halogens is 2. The SMILES string of the molecule is O=C(c1cc([N+](=O)[O-])c(Cl)c([N+](=O)[O-])c1)N1N=C(c2c(-c3ccccc3)c3cc(Br)ccc3[nH]c2=O)CC1c1cccc([N+](=O)[O-])c1. The molecule has 0 fully saturated rings. The lowest BCUT2D eigenvalue weighted by atomic mass is 9.91. The molecule has 6 rings (SSSR count). The topological polar surface area (TPSA) is 195 Å². The third kappa shape index (κ3) is 5.73. The first-order valence-electron chi connectivity index (χ1n) is 13.6. The van der Waals surface area contributed by atoms with Gasteiger partial charge in [-0.25, -0.2) is 5.01 Å². The average Bonchev–Trinajstić information content (AvgIpc) is 3.49. The molecule has 4 aromatic carbocycles. The molecule has 234 valence electrons. The molecule has 0 spiro atoms. The van der Waals surface area contributed by atoms with Gasteiger partial charge in [-0.2, -0.15) is 5.10 Å². The minimum atomic E-state index is -1.05. The van der Waals surface area contributed by atoms with E-state index in [0.29, 0.717) is 22.0 Å². The summed E-state index contributed by atoms with van der Waals surface area (Å²) >= 11 is 9.40. The van der Waals surface area contributed by atoms with Crippen molar-refractivity contribution in [3.05, 3.63) is 152 Å². The van der Waals surface area contributed by atoms with Crippen molar-refractivity contribution in [3.8, 4) is 11.1 Å². The third-order valence-electron chi connectivity index (χ3n) is 7.59. The quantitative estimate of drug-likeness (QED) is 0.133. The number of H-pyrrole nitrogens is 1. The molecule has 16 heteroatoms. The molecular weight excluding hydrogens is 700 g/mol. The Bertz CT molecular complexity index is 2220. The van der Waals surface area contributed by atoms with Crippen molar-refractivity contribution < 1.29 is 19.6 Å². The van der Waals surface area contributed by atoms with Crippen LogP contribution in [0.25, 0.3) is 22.0 Å². The third-order valence-corrected chi connectivity index (χ3v) is 8.47. The summed E-state index contributed by atoms with van der Waals surface area (Å²) in [5, 5.41) is 40.4. The lowest BCUT2D eigenvalue weighted by Gasteiger charge is -2.22. The van der Waals surface area contributed by atoms with Gasteiger partial charge in [0.05, 0.1) is 37.7 Å². The van der Waals surface area contributed by atoms with Crippen LogP contribution in [-0.2, 0) is 0 Å². The number of benzene rings is 4. The lowest BCUT2D eigenvalue weighted by Crippen LogP contribution is -2.27. The molecule has 1 aromatic heterocycles. The predicted octanol–water partition coefficient (Wildman–Crippen LogP) is 7.33. The highest BCUT2D eigenvalue weighted by Gasteiger charge is 2.38. The van der Waals surface area contributed by atoms with Crippen LogP contribution in [0.15, 0.2) is 99.3 Å². The van der Waals surface area contributed by atoms with Crippen molar-refractivity contribution in [3.63, 3.8) is 0 Å². The van der Waals surface area contributed by atoms with Crippen molar-refractivity contribution in [2.45, 2.75) is 12.5 Å². The van der Waals surface area contributed by atoms with Crippen LogP contribution in [-0.4, -0.2) is 36.4 Å². The molecule has 47 heavy (non-hydrogen) atoms. The number of aromatic nitrogens is 1. The Kier molecular flexibility index (Phi) is 8.09. The number of nitrogens with zero attached hydrogens (tertiary/aromatic N) is 5. The highest BCUT2D eigenvalue weighted by atomic mass is 79.9. The lowest BCUT2D eigenvalue weighted by molar-refractivity contribution is -0.393. The number of nitro benzene ring substituents is 3. The maximum atomic E-state index is 14.1. The molecule has 2 heterocycles. The fourth-order valence-electron chi connectivity index (χ4n) is 5.51. The number of nitro groups is 3. The van der Waals surface area contributed by atoms with Crippen LogP contribution in [0.5, 0.6) is 0 Å².